The van der Waals surface area contributed by atoms with Gasteiger partial charge in [-0.3, -0.25) is 4.79 Å². The van der Waals surface area contributed by atoms with E-state index in [-0.39, 0.29) is 11.4 Å². The van der Waals surface area contributed by atoms with Crippen LogP contribution in [0.5, 0.6) is 0 Å². The fraction of sp³-hybridized carbons (Fsp3) is 0.909. The minimum Gasteiger partial charge on any atom is -0.480 e. The third kappa shape index (κ3) is 2.54. The van der Waals surface area contributed by atoms with E-state index in [1.807, 2.05) is 0 Å². The summed E-state index contributed by atoms with van der Waals surface area (Å²) in [5, 5.41) is 21.3. The quantitative estimate of drug-likeness (QED) is 0.356. The molecule has 1 saturated heterocycles. The van der Waals surface area contributed by atoms with E-state index in [1.165, 1.54) is 0 Å². The molecule has 7 heteroatoms. The van der Waals surface area contributed by atoms with E-state index in [0.717, 1.165) is 33.4 Å². The Morgan fingerprint density at radius 2 is 2.22 bits per heavy atom. The van der Waals surface area contributed by atoms with Crippen LogP contribution in [0.4, 0.5) is 0 Å². The molecule has 1 radical (unpaired) electrons. The lowest BCUT2D eigenvalue weighted by atomic mass is 9.78. The number of rotatable bonds is 5. The summed E-state index contributed by atoms with van der Waals surface area (Å²) in [7, 11) is 1.14. The molecule has 1 heterocycles. The van der Waals surface area contributed by atoms with Gasteiger partial charge in [0.2, 0.25) is 0 Å². The van der Waals surface area contributed by atoms with Crippen molar-refractivity contribution in [2.45, 2.75) is 31.1 Å². The van der Waals surface area contributed by atoms with Crippen molar-refractivity contribution in [3.63, 3.8) is 0 Å². The van der Waals surface area contributed by atoms with Gasteiger partial charge in [-0.1, -0.05) is 12.7 Å². The highest BCUT2D eigenvalue weighted by atomic mass is 16.4. The van der Waals surface area contributed by atoms with Crippen LogP contribution in [-0.4, -0.2) is 47.7 Å². The summed E-state index contributed by atoms with van der Waals surface area (Å²) in [5.74, 6) is -0.0566. The van der Waals surface area contributed by atoms with Crippen LogP contribution in [-0.2, 0) is 4.79 Å². The average Bonchev–Trinajstić information content (AvgIpc) is 2.80. The second kappa shape index (κ2) is 6.01. The molecule has 0 bridgehead atoms. The number of aliphatic carboxylic acids is 1. The van der Waals surface area contributed by atoms with Gasteiger partial charge in [-0.25, -0.2) is 0 Å². The summed E-state index contributed by atoms with van der Waals surface area (Å²) in [6.45, 7) is 1.77. The molecule has 0 aromatic rings. The predicted molar refractivity (Wildman–Crippen MR) is 68.1 cm³/mol. The number of fused-ring (bicyclic) bond motifs is 1. The molecule has 1 aliphatic heterocycles. The van der Waals surface area contributed by atoms with Crippen molar-refractivity contribution in [3.05, 3.63) is 0 Å². The first kappa shape index (κ1) is 15.4. The summed E-state index contributed by atoms with van der Waals surface area (Å²) in [6.07, 6.45) is 2.77. The smallest absolute Gasteiger partial charge is 0.323 e. The molecule has 2 aliphatic rings. The molecule has 4 atom stereocenters. The van der Waals surface area contributed by atoms with E-state index >= 15 is 0 Å². The highest BCUT2D eigenvalue weighted by molar-refractivity contribution is 6.25. The van der Waals surface area contributed by atoms with Crippen LogP contribution in [0.1, 0.15) is 19.3 Å². The Kier molecular flexibility index (Phi) is 5.15. The molecule has 18 heavy (non-hydrogen) atoms. The Morgan fingerprint density at radius 3 is 2.83 bits per heavy atom. The lowest BCUT2D eigenvalue weighted by Crippen LogP contribution is -2.53. The van der Waals surface area contributed by atoms with Gasteiger partial charge in [-0.15, -0.1) is 0 Å². The molecule has 0 spiro atoms. The molecular formula is C11H22BN2O4. The number of carboxylic acid groups (broad SMARTS) is 1. The zero-order valence-electron chi connectivity index (χ0n) is 10.4. The highest BCUT2D eigenvalue weighted by Crippen LogP contribution is 2.47. The van der Waals surface area contributed by atoms with Crippen LogP contribution < -0.4 is 11.1 Å². The number of hydrogen-bond donors (Lipinski definition) is 4. The second-order valence-electron chi connectivity index (χ2n) is 5.35. The lowest BCUT2D eigenvalue weighted by molar-refractivity contribution is -0.145. The first-order valence-corrected chi connectivity index (χ1v) is 6.28. The number of nitrogens with one attached hydrogen (secondary N) is 1. The maximum atomic E-state index is 11.4. The third-order valence-corrected chi connectivity index (χ3v) is 4.42. The van der Waals surface area contributed by atoms with Gasteiger partial charge in [-0.05, 0) is 43.7 Å². The first-order valence-electron chi connectivity index (χ1n) is 6.28. The SMILES string of the molecule is NC1(C(=O)O)C[C@H]2CNC[C@H]2C1CCC[B]O.O. The molecule has 1 aliphatic carbocycles. The Bertz CT molecular complexity index is 305. The van der Waals surface area contributed by atoms with E-state index in [4.69, 9.17) is 10.8 Å². The summed E-state index contributed by atoms with van der Waals surface area (Å²) in [6, 6.07) is 0. The van der Waals surface area contributed by atoms with Crippen LogP contribution in [0.3, 0.4) is 0 Å². The van der Waals surface area contributed by atoms with Crippen LogP contribution in [0.15, 0.2) is 0 Å². The summed E-state index contributed by atoms with van der Waals surface area (Å²) < 4.78 is 0. The van der Waals surface area contributed by atoms with E-state index in [2.05, 4.69) is 5.32 Å². The van der Waals surface area contributed by atoms with Crippen molar-refractivity contribution in [1.29, 1.82) is 0 Å². The standard InChI is InChI=1S/C11H20BN2O3.H2O/c13-11(10(15)16)4-7-5-14-6-8(7)9(11)2-1-3-12-17;/h7-9,14,17H,1-6,13H2,(H,15,16);1H2/t7-,8+,9?,11?;/m0./s1. The van der Waals surface area contributed by atoms with Gasteiger partial charge in [0.25, 0.3) is 7.48 Å². The van der Waals surface area contributed by atoms with Gasteiger partial charge < -0.3 is 26.7 Å². The predicted octanol–water partition coefficient (Wildman–Crippen LogP) is -1.39. The maximum absolute atomic E-state index is 11.4. The number of nitrogens with two attached hydrogens (primary N) is 1. The van der Waals surface area contributed by atoms with E-state index in [9.17, 15) is 9.90 Å². The molecule has 6 nitrogen and oxygen atoms in total. The normalized spacial score (nSPS) is 38.0. The minimum absolute atomic E-state index is 0. The zero-order valence-corrected chi connectivity index (χ0v) is 10.4. The number of carbonyl (C=O) groups is 1. The van der Waals surface area contributed by atoms with Crippen LogP contribution >= 0.6 is 0 Å². The van der Waals surface area contributed by atoms with Gasteiger partial charge in [0, 0.05) is 0 Å². The fourth-order valence-corrected chi connectivity index (χ4v) is 3.56. The van der Waals surface area contributed by atoms with Gasteiger partial charge in [0.15, 0.2) is 0 Å². The molecule has 0 aromatic carbocycles. The first-order chi connectivity index (χ1) is 8.09. The number of hydrogen-bond acceptors (Lipinski definition) is 4. The van der Waals surface area contributed by atoms with Crippen molar-refractivity contribution in [2.75, 3.05) is 13.1 Å². The summed E-state index contributed by atoms with van der Waals surface area (Å²) >= 11 is 0. The van der Waals surface area contributed by atoms with E-state index in [0.29, 0.717) is 24.6 Å². The monoisotopic (exact) mass is 257 g/mol. The molecular weight excluding hydrogens is 235 g/mol. The molecule has 2 fully saturated rings. The molecule has 1 saturated carbocycles. The highest BCUT2D eigenvalue weighted by Gasteiger charge is 2.56. The lowest BCUT2D eigenvalue weighted by Gasteiger charge is -2.30. The fourth-order valence-electron chi connectivity index (χ4n) is 3.56. The Hall–Kier alpha value is -0.625. The topological polar surface area (TPSA) is 127 Å². The minimum atomic E-state index is -1.06. The van der Waals surface area contributed by atoms with Gasteiger partial charge >= 0.3 is 5.97 Å². The molecule has 0 amide bonds. The Balaban J connectivity index is 0.00000162. The van der Waals surface area contributed by atoms with Crippen molar-refractivity contribution >= 4 is 13.5 Å². The van der Waals surface area contributed by atoms with Crippen molar-refractivity contribution in [3.8, 4) is 0 Å². The molecule has 2 unspecified atom stereocenters. The van der Waals surface area contributed by atoms with Crippen molar-refractivity contribution in [2.24, 2.45) is 23.5 Å². The average molecular weight is 257 g/mol. The third-order valence-electron chi connectivity index (χ3n) is 4.42. The molecule has 0 aromatic heterocycles. The van der Waals surface area contributed by atoms with Crippen molar-refractivity contribution < 1.29 is 20.4 Å². The largest absolute Gasteiger partial charge is 0.480 e. The van der Waals surface area contributed by atoms with Crippen LogP contribution in [0, 0.1) is 17.8 Å². The van der Waals surface area contributed by atoms with Gasteiger partial charge in [-0.2, -0.15) is 0 Å². The Labute approximate surface area is 108 Å². The molecule has 7 N–H and O–H groups in total. The van der Waals surface area contributed by atoms with E-state index in [1.54, 1.807) is 0 Å². The summed E-state index contributed by atoms with van der Waals surface area (Å²) in [4.78, 5) is 11.4. The zero-order chi connectivity index (χ0) is 12.5. The Morgan fingerprint density at radius 1 is 1.50 bits per heavy atom. The van der Waals surface area contributed by atoms with Crippen molar-refractivity contribution in [1.82, 2.24) is 5.32 Å². The molecule has 103 valence electrons. The number of carboxylic acids is 1. The second-order valence-corrected chi connectivity index (χ2v) is 5.35. The van der Waals surface area contributed by atoms with Gasteiger partial charge in [0.05, 0.1) is 0 Å². The van der Waals surface area contributed by atoms with E-state index < -0.39 is 11.5 Å². The maximum Gasteiger partial charge on any atom is 0.323 e. The van der Waals surface area contributed by atoms with Crippen LogP contribution in [0.2, 0.25) is 6.32 Å². The summed E-state index contributed by atoms with van der Waals surface area (Å²) in [5.41, 5.74) is 5.06. The molecule has 2 rings (SSSR count). The van der Waals surface area contributed by atoms with Crippen LogP contribution in [0.25, 0.3) is 0 Å². The van der Waals surface area contributed by atoms with Gasteiger partial charge in [0.1, 0.15) is 5.54 Å².